The maximum Gasteiger partial charge on any atom is 0.0942 e. The molecule has 1 rings (SSSR count). The predicted molar refractivity (Wildman–Crippen MR) is 63.4 cm³/mol. The van der Waals surface area contributed by atoms with Gasteiger partial charge in [-0.2, -0.15) is 0 Å². The highest BCUT2D eigenvalue weighted by Gasteiger charge is 2.02. The van der Waals surface area contributed by atoms with Gasteiger partial charge in [0.15, 0.2) is 0 Å². The van der Waals surface area contributed by atoms with Crippen molar-refractivity contribution in [1.82, 2.24) is 0 Å². The van der Waals surface area contributed by atoms with Crippen molar-refractivity contribution in [2.75, 3.05) is 18.5 Å². The number of halogens is 2. The van der Waals surface area contributed by atoms with Crippen molar-refractivity contribution >= 4 is 37.5 Å². The second-order valence-electron chi connectivity index (χ2n) is 2.85. The quantitative estimate of drug-likeness (QED) is 0.793. The van der Waals surface area contributed by atoms with E-state index in [9.17, 15) is 0 Å². The molecule has 1 unspecified atom stereocenters. The molecule has 5 heteroatoms. The molecular formula is C9H11Br2NO2. The summed E-state index contributed by atoms with van der Waals surface area (Å²) in [6, 6.07) is 5.69. The van der Waals surface area contributed by atoms with E-state index in [1.807, 2.05) is 18.2 Å². The molecule has 1 aromatic rings. The largest absolute Gasteiger partial charge is 0.394 e. The average molecular weight is 325 g/mol. The van der Waals surface area contributed by atoms with E-state index in [4.69, 9.17) is 10.2 Å². The predicted octanol–water partition coefficient (Wildman–Crippen LogP) is 1.98. The summed E-state index contributed by atoms with van der Waals surface area (Å²) in [6.45, 7) is 0.106. The summed E-state index contributed by atoms with van der Waals surface area (Å²) in [7, 11) is 0. The first-order valence-corrected chi connectivity index (χ1v) is 5.70. The second kappa shape index (κ2) is 5.70. The molecule has 3 N–H and O–H groups in total. The van der Waals surface area contributed by atoms with E-state index >= 15 is 0 Å². The minimum Gasteiger partial charge on any atom is -0.394 e. The zero-order valence-corrected chi connectivity index (χ0v) is 10.5. The van der Waals surface area contributed by atoms with Gasteiger partial charge in [-0.3, -0.25) is 0 Å². The maximum atomic E-state index is 9.11. The summed E-state index contributed by atoms with van der Waals surface area (Å²) >= 11 is 6.73. The molecule has 1 atom stereocenters. The second-order valence-corrected chi connectivity index (χ2v) is 4.55. The van der Waals surface area contributed by atoms with E-state index in [0.717, 1.165) is 14.6 Å². The topological polar surface area (TPSA) is 52.5 Å². The molecule has 0 spiro atoms. The van der Waals surface area contributed by atoms with Gasteiger partial charge in [-0.1, -0.05) is 0 Å². The van der Waals surface area contributed by atoms with Crippen LogP contribution in [0.1, 0.15) is 0 Å². The van der Waals surface area contributed by atoms with Crippen LogP contribution in [0.3, 0.4) is 0 Å². The number of hydrogen-bond donors (Lipinski definition) is 3. The van der Waals surface area contributed by atoms with Gasteiger partial charge in [-0.05, 0) is 50.1 Å². The Kier molecular flexibility index (Phi) is 4.88. The van der Waals surface area contributed by atoms with Crippen LogP contribution >= 0.6 is 31.9 Å². The standard InChI is InChI=1S/C9H11Br2NO2/c10-8-2-1-6(3-9(8)11)12-4-7(14)5-13/h1-3,7,12-14H,4-5H2. The smallest absolute Gasteiger partial charge is 0.0942 e. The number of aliphatic hydroxyl groups excluding tert-OH is 2. The molecule has 0 aliphatic carbocycles. The van der Waals surface area contributed by atoms with Crippen molar-refractivity contribution in [2.24, 2.45) is 0 Å². The molecular weight excluding hydrogens is 314 g/mol. The SMILES string of the molecule is OCC(O)CNc1ccc(Br)c(Br)c1. The summed E-state index contributed by atoms with van der Waals surface area (Å²) in [5.41, 5.74) is 0.896. The van der Waals surface area contributed by atoms with Crippen LogP contribution in [-0.2, 0) is 0 Å². The van der Waals surface area contributed by atoms with Gasteiger partial charge in [0.05, 0.1) is 12.7 Å². The number of aliphatic hydroxyl groups is 2. The van der Waals surface area contributed by atoms with Crippen molar-refractivity contribution in [1.29, 1.82) is 0 Å². The van der Waals surface area contributed by atoms with Gasteiger partial charge in [0.2, 0.25) is 0 Å². The summed E-state index contributed by atoms with van der Waals surface area (Å²) < 4.78 is 1.92. The molecule has 1 aromatic carbocycles. The minimum atomic E-state index is -0.725. The lowest BCUT2D eigenvalue weighted by atomic mass is 10.3. The van der Waals surface area contributed by atoms with Crippen molar-refractivity contribution in [3.8, 4) is 0 Å². The summed E-state index contributed by atoms with van der Waals surface area (Å²) in [5, 5.41) is 20.7. The third-order valence-corrected chi connectivity index (χ3v) is 3.55. The van der Waals surface area contributed by atoms with Gasteiger partial charge in [0, 0.05) is 21.2 Å². The van der Waals surface area contributed by atoms with E-state index in [1.54, 1.807) is 0 Å². The summed E-state index contributed by atoms with van der Waals surface area (Å²) in [6.07, 6.45) is -0.725. The van der Waals surface area contributed by atoms with Gasteiger partial charge < -0.3 is 15.5 Å². The van der Waals surface area contributed by atoms with Crippen LogP contribution in [0.4, 0.5) is 5.69 Å². The molecule has 0 aliphatic rings. The Morgan fingerprint density at radius 1 is 1.29 bits per heavy atom. The Hall–Kier alpha value is -0.100. The lowest BCUT2D eigenvalue weighted by molar-refractivity contribution is 0.105. The first-order chi connectivity index (χ1) is 6.63. The monoisotopic (exact) mass is 323 g/mol. The molecule has 14 heavy (non-hydrogen) atoms. The normalized spacial score (nSPS) is 12.6. The molecule has 0 heterocycles. The Labute approximate surface area is 99.4 Å². The van der Waals surface area contributed by atoms with E-state index in [1.165, 1.54) is 0 Å². The van der Waals surface area contributed by atoms with Crippen LogP contribution in [-0.4, -0.2) is 29.5 Å². The summed E-state index contributed by atoms with van der Waals surface area (Å²) in [4.78, 5) is 0. The molecule has 0 aliphatic heterocycles. The molecule has 0 radical (unpaired) electrons. The molecule has 3 nitrogen and oxygen atoms in total. The zero-order chi connectivity index (χ0) is 10.6. The van der Waals surface area contributed by atoms with E-state index < -0.39 is 6.10 Å². The highest BCUT2D eigenvalue weighted by atomic mass is 79.9. The fourth-order valence-corrected chi connectivity index (χ4v) is 1.53. The van der Waals surface area contributed by atoms with Crippen molar-refractivity contribution in [3.05, 3.63) is 27.1 Å². The van der Waals surface area contributed by atoms with E-state index in [-0.39, 0.29) is 6.61 Å². The van der Waals surface area contributed by atoms with Gasteiger partial charge in [-0.25, -0.2) is 0 Å². The first kappa shape index (κ1) is 12.0. The molecule has 0 aromatic heterocycles. The molecule has 0 fully saturated rings. The van der Waals surface area contributed by atoms with Crippen LogP contribution in [0.2, 0.25) is 0 Å². The number of anilines is 1. The van der Waals surface area contributed by atoms with Gasteiger partial charge in [-0.15, -0.1) is 0 Å². The Morgan fingerprint density at radius 2 is 2.00 bits per heavy atom. The van der Waals surface area contributed by atoms with Crippen molar-refractivity contribution < 1.29 is 10.2 Å². The van der Waals surface area contributed by atoms with Crippen molar-refractivity contribution in [2.45, 2.75) is 6.10 Å². The molecule has 0 bridgehead atoms. The van der Waals surface area contributed by atoms with Crippen LogP contribution in [0.25, 0.3) is 0 Å². The molecule has 78 valence electrons. The maximum absolute atomic E-state index is 9.11. The third kappa shape index (κ3) is 3.57. The minimum absolute atomic E-state index is 0.231. The fourth-order valence-electron chi connectivity index (χ4n) is 0.906. The Bertz CT molecular complexity index is 307. The van der Waals surface area contributed by atoms with Gasteiger partial charge >= 0.3 is 0 Å². The average Bonchev–Trinajstić information content (AvgIpc) is 2.19. The zero-order valence-electron chi connectivity index (χ0n) is 7.37. The first-order valence-electron chi connectivity index (χ1n) is 4.11. The lowest BCUT2D eigenvalue weighted by Crippen LogP contribution is -2.22. The number of benzene rings is 1. The third-order valence-electron chi connectivity index (χ3n) is 1.67. The lowest BCUT2D eigenvalue weighted by Gasteiger charge is -2.10. The highest BCUT2D eigenvalue weighted by molar-refractivity contribution is 9.13. The highest BCUT2D eigenvalue weighted by Crippen LogP contribution is 2.25. The number of nitrogens with one attached hydrogen (secondary N) is 1. The Morgan fingerprint density at radius 3 is 2.57 bits per heavy atom. The summed E-state index contributed by atoms with van der Waals surface area (Å²) in [5.74, 6) is 0. The number of rotatable bonds is 4. The van der Waals surface area contributed by atoms with Gasteiger partial charge in [0.1, 0.15) is 0 Å². The van der Waals surface area contributed by atoms with Crippen LogP contribution in [0, 0.1) is 0 Å². The Balaban J connectivity index is 2.55. The van der Waals surface area contributed by atoms with E-state index in [2.05, 4.69) is 37.2 Å². The van der Waals surface area contributed by atoms with Gasteiger partial charge in [0.25, 0.3) is 0 Å². The number of hydrogen-bond acceptors (Lipinski definition) is 3. The van der Waals surface area contributed by atoms with Crippen LogP contribution < -0.4 is 5.32 Å². The fraction of sp³-hybridized carbons (Fsp3) is 0.333. The van der Waals surface area contributed by atoms with Crippen molar-refractivity contribution in [3.63, 3.8) is 0 Å². The molecule has 0 saturated carbocycles. The molecule has 0 saturated heterocycles. The van der Waals surface area contributed by atoms with E-state index in [0.29, 0.717) is 6.54 Å². The van der Waals surface area contributed by atoms with Crippen LogP contribution in [0.15, 0.2) is 27.1 Å². The van der Waals surface area contributed by atoms with Crippen LogP contribution in [0.5, 0.6) is 0 Å². The molecule has 0 amide bonds.